The van der Waals surface area contributed by atoms with Crippen LogP contribution in [0.4, 0.5) is 8.78 Å². The van der Waals surface area contributed by atoms with Crippen molar-refractivity contribution in [2.45, 2.75) is 32.1 Å². The van der Waals surface area contributed by atoms with Crippen LogP contribution in [0.1, 0.15) is 42.5 Å². The van der Waals surface area contributed by atoms with Crippen LogP contribution in [0.25, 0.3) is 0 Å². The summed E-state index contributed by atoms with van der Waals surface area (Å²) < 4.78 is 58.6. The molecule has 4 aliphatic carbocycles. The molecular weight excluding hydrogens is 412 g/mol. The van der Waals surface area contributed by atoms with Crippen molar-refractivity contribution in [3.05, 3.63) is 39.9 Å². The minimum absolute atomic E-state index is 0.0888. The minimum Gasteiger partial charge on any atom is -0.488 e. The van der Waals surface area contributed by atoms with Crippen LogP contribution in [0.2, 0.25) is 5.02 Å². The highest BCUT2D eigenvalue weighted by Gasteiger charge is 2.48. The summed E-state index contributed by atoms with van der Waals surface area (Å²) in [5.41, 5.74) is 0.544. The van der Waals surface area contributed by atoms with E-state index in [0.717, 1.165) is 31.9 Å². The van der Waals surface area contributed by atoms with Gasteiger partial charge in [-0.05, 0) is 50.0 Å². The van der Waals surface area contributed by atoms with Gasteiger partial charge in [0.15, 0.2) is 17.4 Å². The van der Waals surface area contributed by atoms with Crippen molar-refractivity contribution in [2.75, 3.05) is 12.9 Å². The number of halogens is 3. The highest BCUT2D eigenvalue weighted by Crippen LogP contribution is 2.57. The Labute approximate surface area is 167 Å². The van der Waals surface area contributed by atoms with E-state index in [0.29, 0.717) is 17.9 Å². The number of carbonyl (C=O) groups excluding carboxylic acids is 1. The maximum atomic E-state index is 14.5. The molecule has 0 aromatic heterocycles. The summed E-state index contributed by atoms with van der Waals surface area (Å²) in [4.78, 5) is 11.9. The summed E-state index contributed by atoms with van der Waals surface area (Å²) in [5, 5.41) is -0.664. The molecule has 1 N–H and O–H groups in total. The number of rotatable bonds is 5. The molecule has 0 heterocycles. The topological polar surface area (TPSA) is 72.5 Å². The second-order valence-electron chi connectivity index (χ2n) is 8.33. The maximum absolute atomic E-state index is 14.5. The van der Waals surface area contributed by atoms with Gasteiger partial charge in [0.1, 0.15) is 5.02 Å². The number of carbonyl (C=O) groups is 1. The third-order valence-corrected chi connectivity index (χ3v) is 6.73. The zero-order chi connectivity index (χ0) is 20.3. The van der Waals surface area contributed by atoms with Crippen LogP contribution in [0.15, 0.2) is 17.7 Å². The molecule has 5 rings (SSSR count). The van der Waals surface area contributed by atoms with E-state index in [2.05, 4.69) is 6.08 Å². The quantitative estimate of drug-likeness (QED) is 0.568. The average Bonchev–Trinajstić information content (AvgIpc) is 2.55. The number of ether oxygens (including phenoxy) is 1. The first-order valence-electron chi connectivity index (χ1n) is 9.07. The number of hydrogen-bond donors (Lipinski definition) is 1. The lowest BCUT2D eigenvalue weighted by Gasteiger charge is -2.52. The highest BCUT2D eigenvalue weighted by molar-refractivity contribution is 7.89. The van der Waals surface area contributed by atoms with Crippen molar-refractivity contribution in [2.24, 2.45) is 17.3 Å². The number of nitrogens with one attached hydrogen (secondary N) is 1. The van der Waals surface area contributed by atoms with Crippen LogP contribution in [0.5, 0.6) is 5.75 Å². The molecule has 3 atom stereocenters. The van der Waals surface area contributed by atoms with E-state index >= 15 is 0 Å². The van der Waals surface area contributed by atoms with E-state index in [9.17, 15) is 22.0 Å². The predicted octanol–water partition coefficient (Wildman–Crippen LogP) is 3.82. The summed E-state index contributed by atoms with van der Waals surface area (Å²) in [5.74, 6) is -2.81. The number of allylic oxidation sites excluding steroid dienone is 2. The first-order chi connectivity index (χ1) is 13.1. The van der Waals surface area contributed by atoms with Crippen LogP contribution >= 0.6 is 11.6 Å². The molecule has 4 aliphatic rings. The molecule has 5 nitrogen and oxygen atoms in total. The van der Waals surface area contributed by atoms with Gasteiger partial charge in [-0.3, -0.25) is 4.79 Å². The van der Waals surface area contributed by atoms with Crippen LogP contribution in [0, 0.1) is 28.9 Å². The fraction of sp³-hybridized carbons (Fsp3) is 0.526. The lowest BCUT2D eigenvalue weighted by Crippen LogP contribution is -2.44. The third kappa shape index (κ3) is 3.64. The average molecular weight is 432 g/mol. The lowest BCUT2D eigenvalue weighted by molar-refractivity contribution is 0.0175. The second kappa shape index (κ2) is 6.69. The SMILES string of the molecule is CS(=O)(=O)NC(=O)c1cc(F)c(OCC23CC4=CC(CC(C4)C2)C3)c(Cl)c1F. The molecule has 1 aromatic rings. The number of hydrogen-bond acceptors (Lipinski definition) is 4. The Hall–Kier alpha value is -1.67. The Bertz CT molecular complexity index is 994. The smallest absolute Gasteiger partial charge is 0.267 e. The standard InChI is InChI=1S/C19H20ClF2NO4S/c1-28(25,26)23-18(24)13-5-14(21)17(15(20)16(13)22)27-9-19-6-10-2-11(7-19)4-12(3-10)8-19/h2,5,10,12H,3-4,6-9H2,1H3,(H,23,24). The molecule has 0 radical (unpaired) electrons. The molecule has 4 bridgehead atoms. The first kappa shape index (κ1) is 19.6. The Kier molecular flexibility index (Phi) is 4.69. The fourth-order valence-electron chi connectivity index (χ4n) is 5.15. The van der Waals surface area contributed by atoms with E-state index in [1.807, 2.05) is 0 Å². The van der Waals surface area contributed by atoms with E-state index in [4.69, 9.17) is 16.3 Å². The summed E-state index contributed by atoms with van der Waals surface area (Å²) in [7, 11) is -3.93. The highest BCUT2D eigenvalue weighted by atomic mass is 35.5. The van der Waals surface area contributed by atoms with Gasteiger partial charge in [-0.25, -0.2) is 21.9 Å². The van der Waals surface area contributed by atoms with E-state index < -0.39 is 43.9 Å². The molecule has 1 aromatic carbocycles. The Balaban J connectivity index is 1.55. The van der Waals surface area contributed by atoms with Crippen LogP contribution < -0.4 is 9.46 Å². The largest absolute Gasteiger partial charge is 0.488 e. The van der Waals surface area contributed by atoms with Gasteiger partial charge in [0, 0.05) is 5.41 Å². The minimum atomic E-state index is -3.93. The first-order valence-corrected chi connectivity index (χ1v) is 11.3. The van der Waals surface area contributed by atoms with Crippen LogP contribution in [-0.2, 0) is 10.0 Å². The number of amides is 1. The molecular formula is C19H20ClF2NO4S. The third-order valence-electron chi connectivity index (χ3n) is 5.84. The Morgan fingerprint density at radius 3 is 2.79 bits per heavy atom. The molecule has 2 saturated carbocycles. The Morgan fingerprint density at radius 1 is 1.39 bits per heavy atom. The van der Waals surface area contributed by atoms with Crippen molar-refractivity contribution in [3.63, 3.8) is 0 Å². The fourth-order valence-corrected chi connectivity index (χ4v) is 5.85. The van der Waals surface area contributed by atoms with Gasteiger partial charge >= 0.3 is 0 Å². The second-order valence-corrected chi connectivity index (χ2v) is 10.5. The van der Waals surface area contributed by atoms with Crippen molar-refractivity contribution >= 4 is 27.5 Å². The molecule has 0 spiro atoms. The van der Waals surface area contributed by atoms with Crippen molar-refractivity contribution in [1.82, 2.24) is 4.72 Å². The number of benzene rings is 1. The van der Waals surface area contributed by atoms with Gasteiger partial charge in [0.2, 0.25) is 10.0 Å². The molecule has 0 saturated heterocycles. The van der Waals surface area contributed by atoms with Crippen LogP contribution in [-0.4, -0.2) is 27.2 Å². The molecule has 9 heteroatoms. The number of sulfonamides is 1. The maximum Gasteiger partial charge on any atom is 0.267 e. The monoisotopic (exact) mass is 431 g/mol. The molecule has 2 fully saturated rings. The van der Waals surface area contributed by atoms with Gasteiger partial charge in [-0.15, -0.1) is 0 Å². The summed E-state index contributed by atoms with van der Waals surface area (Å²) in [6.45, 7) is 0.225. The van der Waals surface area contributed by atoms with Crippen molar-refractivity contribution in [3.8, 4) is 5.75 Å². The van der Waals surface area contributed by atoms with Gasteiger partial charge in [0.25, 0.3) is 5.91 Å². The molecule has 1 amide bonds. The lowest BCUT2D eigenvalue weighted by atomic mass is 9.54. The molecule has 152 valence electrons. The molecule has 3 unspecified atom stereocenters. The van der Waals surface area contributed by atoms with Gasteiger partial charge < -0.3 is 4.74 Å². The molecule has 28 heavy (non-hydrogen) atoms. The van der Waals surface area contributed by atoms with Gasteiger partial charge in [-0.1, -0.05) is 23.3 Å². The van der Waals surface area contributed by atoms with Gasteiger partial charge in [0.05, 0.1) is 18.4 Å². The van der Waals surface area contributed by atoms with Crippen molar-refractivity contribution in [1.29, 1.82) is 0 Å². The van der Waals surface area contributed by atoms with Gasteiger partial charge in [-0.2, -0.15) is 0 Å². The van der Waals surface area contributed by atoms with E-state index in [-0.39, 0.29) is 12.0 Å². The van der Waals surface area contributed by atoms with Crippen molar-refractivity contribution < 1.29 is 26.7 Å². The normalized spacial score (nSPS) is 28.2. The summed E-state index contributed by atoms with van der Waals surface area (Å²) >= 11 is 5.92. The zero-order valence-electron chi connectivity index (χ0n) is 15.2. The predicted molar refractivity (Wildman–Crippen MR) is 99.8 cm³/mol. The molecule has 0 aliphatic heterocycles. The van der Waals surface area contributed by atoms with E-state index in [1.165, 1.54) is 12.0 Å². The zero-order valence-corrected chi connectivity index (χ0v) is 16.8. The summed E-state index contributed by atoms with van der Waals surface area (Å²) in [6, 6.07) is 0.610. The summed E-state index contributed by atoms with van der Waals surface area (Å²) in [6.07, 6.45) is 8.23. The van der Waals surface area contributed by atoms with Crippen LogP contribution in [0.3, 0.4) is 0 Å². The van der Waals surface area contributed by atoms with E-state index in [1.54, 1.807) is 4.72 Å². The Morgan fingerprint density at radius 2 is 2.14 bits per heavy atom.